The lowest BCUT2D eigenvalue weighted by atomic mass is 10.3. The van der Waals surface area contributed by atoms with E-state index in [9.17, 15) is 8.42 Å². The van der Waals surface area contributed by atoms with Crippen molar-refractivity contribution in [3.05, 3.63) is 41.2 Å². The summed E-state index contributed by atoms with van der Waals surface area (Å²) < 4.78 is 28.6. The standard InChI is InChI=1S/C12H14ClN3O2S/c1-3-16-9(2)12(8-14-16)19(17,18)15-11-6-4-10(13)5-7-11/h4-8,15H,3H2,1-2H3. The largest absolute Gasteiger partial charge is 0.280 e. The first-order valence-electron chi connectivity index (χ1n) is 5.75. The van der Waals surface area contributed by atoms with E-state index in [1.165, 1.54) is 6.20 Å². The minimum Gasteiger partial charge on any atom is -0.280 e. The van der Waals surface area contributed by atoms with Gasteiger partial charge in [-0.05, 0) is 38.1 Å². The monoisotopic (exact) mass is 299 g/mol. The third-order valence-corrected chi connectivity index (χ3v) is 4.48. The minimum atomic E-state index is -3.62. The topological polar surface area (TPSA) is 64.0 Å². The van der Waals surface area contributed by atoms with Crippen molar-refractivity contribution < 1.29 is 8.42 Å². The number of aromatic nitrogens is 2. The summed E-state index contributed by atoms with van der Waals surface area (Å²) in [7, 11) is -3.62. The second-order valence-corrected chi connectivity index (χ2v) is 6.11. The van der Waals surface area contributed by atoms with Crippen LogP contribution in [-0.2, 0) is 16.6 Å². The molecule has 0 aliphatic carbocycles. The van der Waals surface area contributed by atoms with Crippen molar-refractivity contribution >= 4 is 27.3 Å². The Kier molecular flexibility index (Phi) is 3.82. The molecule has 0 spiro atoms. The first-order chi connectivity index (χ1) is 8.94. The number of nitrogens with zero attached hydrogens (tertiary/aromatic N) is 2. The fraction of sp³-hybridized carbons (Fsp3) is 0.250. The molecule has 0 saturated heterocycles. The van der Waals surface area contributed by atoms with Crippen molar-refractivity contribution in [1.82, 2.24) is 9.78 Å². The molecule has 19 heavy (non-hydrogen) atoms. The fourth-order valence-corrected chi connectivity index (χ4v) is 3.10. The van der Waals surface area contributed by atoms with Gasteiger partial charge in [-0.2, -0.15) is 5.10 Å². The van der Waals surface area contributed by atoms with Crippen LogP contribution in [0.5, 0.6) is 0 Å². The van der Waals surface area contributed by atoms with Gasteiger partial charge < -0.3 is 0 Å². The lowest BCUT2D eigenvalue weighted by Crippen LogP contribution is -2.14. The van der Waals surface area contributed by atoms with Gasteiger partial charge in [-0.15, -0.1) is 0 Å². The van der Waals surface area contributed by atoms with Gasteiger partial charge in [0.05, 0.1) is 11.9 Å². The molecule has 1 aromatic heterocycles. The highest BCUT2D eigenvalue weighted by Gasteiger charge is 2.20. The lowest BCUT2D eigenvalue weighted by Gasteiger charge is -2.07. The molecule has 5 nitrogen and oxygen atoms in total. The number of rotatable bonds is 4. The van der Waals surface area contributed by atoms with Crippen LogP contribution in [0.25, 0.3) is 0 Å². The number of hydrogen-bond acceptors (Lipinski definition) is 3. The summed E-state index contributed by atoms with van der Waals surface area (Å²) in [6.45, 7) is 4.26. The smallest absolute Gasteiger partial charge is 0.265 e. The van der Waals surface area contributed by atoms with Crippen molar-refractivity contribution in [2.45, 2.75) is 25.3 Å². The maximum atomic E-state index is 12.2. The van der Waals surface area contributed by atoms with Crippen LogP contribution in [0.3, 0.4) is 0 Å². The Balaban J connectivity index is 2.32. The summed E-state index contributed by atoms with van der Waals surface area (Å²) in [6, 6.07) is 6.47. The van der Waals surface area contributed by atoms with E-state index in [0.29, 0.717) is 22.9 Å². The van der Waals surface area contributed by atoms with Gasteiger partial charge in [0.2, 0.25) is 0 Å². The summed E-state index contributed by atoms with van der Waals surface area (Å²) in [5, 5.41) is 4.59. The van der Waals surface area contributed by atoms with Gasteiger partial charge in [0.1, 0.15) is 4.90 Å². The summed E-state index contributed by atoms with van der Waals surface area (Å²) in [4.78, 5) is 0.185. The number of aryl methyl sites for hydroxylation is 1. The molecule has 1 heterocycles. The number of halogens is 1. The average Bonchev–Trinajstić information content (AvgIpc) is 2.74. The van der Waals surface area contributed by atoms with Crippen LogP contribution in [-0.4, -0.2) is 18.2 Å². The Morgan fingerprint density at radius 3 is 2.47 bits per heavy atom. The Bertz CT molecular complexity index is 678. The molecule has 0 aliphatic heterocycles. The van der Waals surface area contributed by atoms with Gasteiger partial charge >= 0.3 is 0 Å². The summed E-state index contributed by atoms with van der Waals surface area (Å²) in [5.41, 5.74) is 1.08. The predicted octanol–water partition coefficient (Wildman–Crippen LogP) is 2.67. The number of nitrogens with one attached hydrogen (secondary N) is 1. The molecule has 102 valence electrons. The highest BCUT2D eigenvalue weighted by Crippen LogP contribution is 2.20. The van der Waals surface area contributed by atoms with E-state index in [0.717, 1.165) is 0 Å². The van der Waals surface area contributed by atoms with E-state index in [4.69, 9.17) is 11.6 Å². The minimum absolute atomic E-state index is 0.185. The summed E-state index contributed by atoms with van der Waals surface area (Å²) in [5.74, 6) is 0. The first kappa shape index (κ1) is 13.9. The van der Waals surface area contributed by atoms with Crippen LogP contribution >= 0.6 is 11.6 Å². The maximum absolute atomic E-state index is 12.2. The van der Waals surface area contributed by atoms with E-state index in [1.807, 2.05) is 6.92 Å². The van der Waals surface area contributed by atoms with E-state index >= 15 is 0 Å². The molecule has 0 unspecified atom stereocenters. The van der Waals surface area contributed by atoms with Gasteiger partial charge in [-0.1, -0.05) is 11.6 Å². The van der Waals surface area contributed by atoms with Gasteiger partial charge in [-0.25, -0.2) is 8.42 Å². The molecule has 1 N–H and O–H groups in total. The quantitative estimate of drug-likeness (QED) is 0.944. The molecule has 2 rings (SSSR count). The lowest BCUT2D eigenvalue weighted by molar-refractivity contribution is 0.598. The van der Waals surface area contributed by atoms with Crippen molar-refractivity contribution in [3.8, 4) is 0 Å². The molecule has 0 saturated carbocycles. The molecule has 0 aliphatic rings. The van der Waals surface area contributed by atoms with Crippen LogP contribution in [0, 0.1) is 6.92 Å². The van der Waals surface area contributed by atoms with E-state index in [-0.39, 0.29) is 4.90 Å². The van der Waals surface area contributed by atoms with Crippen molar-refractivity contribution in [2.75, 3.05) is 4.72 Å². The summed E-state index contributed by atoms with van der Waals surface area (Å²) in [6.07, 6.45) is 1.36. The Hall–Kier alpha value is -1.53. The molecule has 7 heteroatoms. The second kappa shape index (κ2) is 5.22. The van der Waals surface area contributed by atoms with Crippen LogP contribution in [0.1, 0.15) is 12.6 Å². The molecule has 0 atom stereocenters. The van der Waals surface area contributed by atoms with E-state index < -0.39 is 10.0 Å². The van der Waals surface area contributed by atoms with Gasteiger partial charge in [0.15, 0.2) is 0 Å². The molecule has 0 fully saturated rings. The molecular weight excluding hydrogens is 286 g/mol. The number of hydrogen-bond donors (Lipinski definition) is 1. The van der Waals surface area contributed by atoms with Crippen molar-refractivity contribution in [2.24, 2.45) is 0 Å². The fourth-order valence-electron chi connectivity index (χ4n) is 1.74. The maximum Gasteiger partial charge on any atom is 0.265 e. The SMILES string of the molecule is CCn1ncc(S(=O)(=O)Nc2ccc(Cl)cc2)c1C. The zero-order valence-electron chi connectivity index (χ0n) is 10.6. The first-order valence-corrected chi connectivity index (χ1v) is 7.61. The van der Waals surface area contributed by atoms with Crippen LogP contribution in [0.15, 0.2) is 35.4 Å². The van der Waals surface area contributed by atoms with Gasteiger partial charge in [0, 0.05) is 17.3 Å². The van der Waals surface area contributed by atoms with Crippen molar-refractivity contribution in [3.63, 3.8) is 0 Å². The van der Waals surface area contributed by atoms with Gasteiger partial charge in [0.25, 0.3) is 10.0 Å². The second-order valence-electron chi connectivity index (χ2n) is 4.02. The van der Waals surface area contributed by atoms with E-state index in [2.05, 4.69) is 9.82 Å². The highest BCUT2D eigenvalue weighted by molar-refractivity contribution is 7.92. The number of sulfonamides is 1. The Morgan fingerprint density at radius 2 is 1.95 bits per heavy atom. The van der Waals surface area contributed by atoms with Gasteiger partial charge in [-0.3, -0.25) is 9.40 Å². The Morgan fingerprint density at radius 1 is 1.32 bits per heavy atom. The molecule has 0 amide bonds. The zero-order chi connectivity index (χ0) is 14.0. The highest BCUT2D eigenvalue weighted by atomic mass is 35.5. The zero-order valence-corrected chi connectivity index (χ0v) is 12.2. The van der Waals surface area contributed by atoms with Crippen LogP contribution < -0.4 is 4.72 Å². The van der Waals surface area contributed by atoms with Crippen LogP contribution in [0.2, 0.25) is 5.02 Å². The molecular formula is C12H14ClN3O2S. The third kappa shape index (κ3) is 2.90. The molecule has 0 bridgehead atoms. The molecule has 1 aromatic carbocycles. The average molecular weight is 300 g/mol. The predicted molar refractivity (Wildman–Crippen MR) is 74.9 cm³/mol. The van der Waals surface area contributed by atoms with E-state index in [1.54, 1.807) is 35.9 Å². The van der Waals surface area contributed by atoms with Crippen LogP contribution in [0.4, 0.5) is 5.69 Å². The number of benzene rings is 1. The third-order valence-electron chi connectivity index (χ3n) is 2.74. The Labute approximate surface area is 117 Å². The number of anilines is 1. The molecule has 0 radical (unpaired) electrons. The van der Waals surface area contributed by atoms with Crippen molar-refractivity contribution in [1.29, 1.82) is 0 Å². The molecule has 2 aromatic rings. The summed E-state index contributed by atoms with van der Waals surface area (Å²) >= 11 is 5.76. The normalized spacial score (nSPS) is 11.5.